The minimum atomic E-state index is -0.867. The van der Waals surface area contributed by atoms with Crippen LogP contribution in [-0.4, -0.2) is 35.8 Å². The number of benzene rings is 1. The van der Waals surface area contributed by atoms with E-state index in [9.17, 15) is 14.0 Å². The molecule has 0 spiro atoms. The zero-order chi connectivity index (χ0) is 15.4. The lowest BCUT2D eigenvalue weighted by molar-refractivity contribution is -0.141. The largest absolute Gasteiger partial charge is 0.458 e. The van der Waals surface area contributed by atoms with Crippen LogP contribution in [0.2, 0.25) is 0 Å². The molecule has 1 aliphatic heterocycles. The van der Waals surface area contributed by atoms with Crippen molar-refractivity contribution in [1.82, 2.24) is 4.90 Å². The predicted octanol–water partition coefficient (Wildman–Crippen LogP) is 0.967. The average Bonchev–Trinajstić information content (AvgIpc) is 2.86. The van der Waals surface area contributed by atoms with E-state index in [1.807, 2.05) is 0 Å². The first-order valence-electron chi connectivity index (χ1n) is 6.53. The predicted molar refractivity (Wildman–Crippen MR) is 72.9 cm³/mol. The Kier molecular flexibility index (Phi) is 4.64. The SMILES string of the molecule is N=CC(=O)OCC(N)N1C(=O)CCC1c1ccccc1F. The highest BCUT2D eigenvalue weighted by Gasteiger charge is 2.37. The molecule has 1 aliphatic rings. The Morgan fingerprint density at radius 3 is 2.95 bits per heavy atom. The van der Waals surface area contributed by atoms with Crippen LogP contribution in [0.4, 0.5) is 4.39 Å². The fourth-order valence-electron chi connectivity index (χ4n) is 2.46. The molecule has 2 rings (SSSR count). The molecule has 6 nitrogen and oxygen atoms in total. The molecule has 1 aromatic carbocycles. The van der Waals surface area contributed by atoms with Gasteiger partial charge >= 0.3 is 5.97 Å². The molecule has 1 amide bonds. The molecule has 2 atom stereocenters. The lowest BCUT2D eigenvalue weighted by Gasteiger charge is -2.30. The van der Waals surface area contributed by atoms with Gasteiger partial charge in [0.05, 0.1) is 6.04 Å². The lowest BCUT2D eigenvalue weighted by atomic mass is 10.0. The number of amides is 1. The van der Waals surface area contributed by atoms with Crippen LogP contribution in [0.1, 0.15) is 24.4 Å². The van der Waals surface area contributed by atoms with Crippen molar-refractivity contribution < 1.29 is 18.7 Å². The minimum Gasteiger partial charge on any atom is -0.458 e. The van der Waals surface area contributed by atoms with Gasteiger partial charge in [-0.15, -0.1) is 0 Å². The van der Waals surface area contributed by atoms with Crippen molar-refractivity contribution in [1.29, 1.82) is 5.41 Å². The lowest BCUT2D eigenvalue weighted by Crippen LogP contribution is -2.47. The molecule has 7 heteroatoms. The number of hydrogen-bond acceptors (Lipinski definition) is 5. The number of esters is 1. The molecule has 1 aromatic rings. The summed E-state index contributed by atoms with van der Waals surface area (Å²) in [4.78, 5) is 24.2. The molecular formula is C14H16FN3O3. The first-order chi connectivity index (χ1) is 10.0. The van der Waals surface area contributed by atoms with Crippen molar-refractivity contribution in [2.45, 2.75) is 25.0 Å². The standard InChI is InChI=1S/C14H16FN3O3/c15-10-4-2-1-3-9(10)11-5-6-13(19)18(11)12(17)8-21-14(20)7-16/h1-4,7,11-12,16H,5-6,8,17H2. The number of ether oxygens (including phenoxy) is 1. The Labute approximate surface area is 121 Å². The minimum absolute atomic E-state index is 0.207. The maximum absolute atomic E-state index is 13.9. The van der Waals surface area contributed by atoms with Gasteiger partial charge in [0.15, 0.2) is 0 Å². The molecule has 1 fully saturated rings. The molecule has 2 unspecified atom stereocenters. The summed E-state index contributed by atoms with van der Waals surface area (Å²) in [5.74, 6) is -1.44. The van der Waals surface area contributed by atoms with E-state index in [1.54, 1.807) is 18.2 Å². The number of nitrogens with zero attached hydrogens (tertiary/aromatic N) is 1. The normalized spacial score (nSPS) is 19.4. The third-order valence-electron chi connectivity index (χ3n) is 3.39. The summed E-state index contributed by atoms with van der Waals surface area (Å²) in [6.07, 6.45) is 0.387. The number of carbonyl (C=O) groups is 2. The van der Waals surface area contributed by atoms with Gasteiger partial charge in [-0.3, -0.25) is 4.79 Å². The number of hydrogen-bond donors (Lipinski definition) is 2. The second-order valence-electron chi connectivity index (χ2n) is 4.72. The summed E-state index contributed by atoms with van der Waals surface area (Å²) in [7, 11) is 0. The fraction of sp³-hybridized carbons (Fsp3) is 0.357. The number of halogens is 1. The molecule has 0 saturated carbocycles. The molecule has 0 radical (unpaired) electrons. The molecule has 3 N–H and O–H groups in total. The third-order valence-corrected chi connectivity index (χ3v) is 3.39. The summed E-state index contributed by atoms with van der Waals surface area (Å²) in [6, 6.07) is 5.75. The maximum atomic E-state index is 13.9. The van der Waals surface area contributed by atoms with Gasteiger partial charge in [-0.05, 0) is 12.5 Å². The Morgan fingerprint density at radius 2 is 2.29 bits per heavy atom. The van der Waals surface area contributed by atoms with Crippen molar-refractivity contribution in [2.75, 3.05) is 6.61 Å². The van der Waals surface area contributed by atoms with Gasteiger partial charge in [0.1, 0.15) is 24.8 Å². The van der Waals surface area contributed by atoms with Crippen molar-refractivity contribution >= 4 is 18.1 Å². The van der Waals surface area contributed by atoms with E-state index >= 15 is 0 Å². The van der Waals surface area contributed by atoms with E-state index in [4.69, 9.17) is 15.9 Å². The Bertz CT molecular complexity index is 564. The monoisotopic (exact) mass is 293 g/mol. The number of rotatable bonds is 5. The number of likely N-dealkylation sites (tertiary alicyclic amines) is 1. The van der Waals surface area contributed by atoms with Gasteiger partial charge in [0.25, 0.3) is 0 Å². The molecule has 0 aliphatic carbocycles. The van der Waals surface area contributed by atoms with Gasteiger partial charge in [-0.1, -0.05) is 18.2 Å². The van der Waals surface area contributed by atoms with E-state index in [1.165, 1.54) is 11.0 Å². The zero-order valence-electron chi connectivity index (χ0n) is 11.3. The van der Waals surface area contributed by atoms with Gasteiger partial charge in [0, 0.05) is 12.0 Å². The van der Waals surface area contributed by atoms with Crippen LogP contribution in [0.3, 0.4) is 0 Å². The van der Waals surface area contributed by atoms with Crippen LogP contribution in [0.25, 0.3) is 0 Å². The van der Waals surface area contributed by atoms with E-state index in [0.29, 0.717) is 18.2 Å². The van der Waals surface area contributed by atoms with E-state index in [-0.39, 0.29) is 18.9 Å². The van der Waals surface area contributed by atoms with Crippen LogP contribution < -0.4 is 5.73 Å². The van der Waals surface area contributed by atoms with Crippen LogP contribution in [0.15, 0.2) is 24.3 Å². The summed E-state index contributed by atoms with van der Waals surface area (Å²) >= 11 is 0. The van der Waals surface area contributed by atoms with Crippen LogP contribution in [0, 0.1) is 11.2 Å². The number of nitrogens with two attached hydrogens (primary N) is 1. The van der Waals surface area contributed by atoms with Crippen molar-refractivity contribution in [3.05, 3.63) is 35.6 Å². The van der Waals surface area contributed by atoms with Crippen molar-refractivity contribution in [3.8, 4) is 0 Å². The van der Waals surface area contributed by atoms with Gasteiger partial charge in [-0.2, -0.15) is 0 Å². The highest BCUT2D eigenvalue weighted by Crippen LogP contribution is 2.34. The van der Waals surface area contributed by atoms with E-state index < -0.39 is 24.0 Å². The molecule has 21 heavy (non-hydrogen) atoms. The summed E-state index contributed by atoms with van der Waals surface area (Å²) in [6.45, 7) is -0.231. The quantitative estimate of drug-likeness (QED) is 0.624. The van der Waals surface area contributed by atoms with Crippen molar-refractivity contribution in [2.24, 2.45) is 5.73 Å². The summed E-state index contributed by atoms with van der Waals surface area (Å²) in [5.41, 5.74) is 6.28. The Hall–Kier alpha value is -2.28. The zero-order valence-corrected chi connectivity index (χ0v) is 11.3. The highest BCUT2D eigenvalue weighted by molar-refractivity contribution is 6.21. The molecule has 0 bridgehead atoms. The molecule has 0 aromatic heterocycles. The van der Waals surface area contributed by atoms with Gasteiger partial charge in [-0.25, -0.2) is 9.18 Å². The fourth-order valence-corrected chi connectivity index (χ4v) is 2.46. The van der Waals surface area contributed by atoms with Gasteiger partial charge in [0.2, 0.25) is 5.91 Å². The second kappa shape index (κ2) is 6.45. The third kappa shape index (κ3) is 3.25. The van der Waals surface area contributed by atoms with Crippen LogP contribution >= 0.6 is 0 Å². The topological polar surface area (TPSA) is 96.5 Å². The first kappa shape index (κ1) is 15.1. The van der Waals surface area contributed by atoms with E-state index in [2.05, 4.69) is 0 Å². The van der Waals surface area contributed by atoms with Gasteiger partial charge < -0.3 is 20.8 Å². The maximum Gasteiger partial charge on any atom is 0.348 e. The van der Waals surface area contributed by atoms with Crippen LogP contribution in [-0.2, 0) is 14.3 Å². The molecule has 1 saturated heterocycles. The molecular weight excluding hydrogens is 277 g/mol. The number of nitrogens with one attached hydrogen (secondary N) is 1. The number of carbonyl (C=O) groups excluding carboxylic acids is 2. The Morgan fingerprint density at radius 1 is 1.57 bits per heavy atom. The molecule has 112 valence electrons. The first-order valence-corrected chi connectivity index (χ1v) is 6.53. The average molecular weight is 293 g/mol. The smallest absolute Gasteiger partial charge is 0.348 e. The highest BCUT2D eigenvalue weighted by atomic mass is 19.1. The summed E-state index contributed by atoms with van der Waals surface area (Å²) < 4.78 is 18.6. The summed E-state index contributed by atoms with van der Waals surface area (Å²) in [5, 5.41) is 6.73. The van der Waals surface area contributed by atoms with Crippen LogP contribution in [0.5, 0.6) is 0 Å². The second-order valence-corrected chi connectivity index (χ2v) is 4.72. The Balaban J connectivity index is 2.15. The van der Waals surface area contributed by atoms with E-state index in [0.717, 1.165) is 0 Å². The molecule has 1 heterocycles. The van der Waals surface area contributed by atoms with Crippen molar-refractivity contribution in [3.63, 3.8) is 0 Å².